The predicted molar refractivity (Wildman–Crippen MR) is 132 cm³/mol. The Morgan fingerprint density at radius 2 is 1.49 bits per heavy atom. The normalized spacial score (nSPS) is 11.1. The molecule has 0 unspecified atom stereocenters. The van der Waals surface area contributed by atoms with E-state index >= 15 is 0 Å². The summed E-state index contributed by atoms with van der Waals surface area (Å²) in [6.07, 6.45) is 9.88. The number of carbonyl (C=O) groups is 1. The van der Waals surface area contributed by atoms with Crippen LogP contribution < -0.4 is 10.2 Å². The highest BCUT2D eigenvalue weighted by molar-refractivity contribution is 5.89. The van der Waals surface area contributed by atoms with Crippen molar-refractivity contribution in [3.8, 4) is 40.1 Å². The van der Waals surface area contributed by atoms with Gasteiger partial charge in [0, 0.05) is 24.1 Å². The van der Waals surface area contributed by atoms with Gasteiger partial charge in [-0.25, -0.2) is 0 Å². The zero-order valence-electron chi connectivity index (χ0n) is 19.9. The summed E-state index contributed by atoms with van der Waals surface area (Å²) in [7, 11) is 0. The van der Waals surface area contributed by atoms with Crippen molar-refractivity contribution >= 4 is 16.9 Å². The van der Waals surface area contributed by atoms with Crippen molar-refractivity contribution in [2.75, 3.05) is 0 Å². The van der Waals surface area contributed by atoms with Gasteiger partial charge in [0.1, 0.15) is 22.5 Å². The van der Waals surface area contributed by atoms with Gasteiger partial charge in [-0.05, 0) is 24.6 Å². The van der Waals surface area contributed by atoms with Crippen LogP contribution in [0.5, 0.6) is 28.7 Å². The van der Waals surface area contributed by atoms with Crippen molar-refractivity contribution in [3.05, 3.63) is 40.6 Å². The molecule has 0 radical (unpaired) electrons. The second-order valence-corrected chi connectivity index (χ2v) is 8.68. The molecule has 0 bridgehead atoms. The lowest BCUT2D eigenvalue weighted by Crippen LogP contribution is -2.16. The molecule has 0 spiro atoms. The second kappa shape index (κ2) is 12.1. The maximum absolute atomic E-state index is 13.2. The summed E-state index contributed by atoms with van der Waals surface area (Å²) < 4.78 is 11.1. The van der Waals surface area contributed by atoms with E-state index in [2.05, 4.69) is 6.92 Å². The molecule has 0 atom stereocenters. The van der Waals surface area contributed by atoms with E-state index < -0.39 is 28.6 Å². The van der Waals surface area contributed by atoms with E-state index in [0.717, 1.165) is 37.5 Å². The van der Waals surface area contributed by atoms with Gasteiger partial charge in [0.05, 0.1) is 0 Å². The van der Waals surface area contributed by atoms with Crippen LogP contribution in [0.4, 0.5) is 0 Å². The van der Waals surface area contributed by atoms with Gasteiger partial charge in [-0.2, -0.15) is 0 Å². The van der Waals surface area contributed by atoms with Crippen molar-refractivity contribution in [1.29, 1.82) is 0 Å². The number of carbonyl (C=O) groups excluding carboxylic acids is 1. The summed E-state index contributed by atoms with van der Waals surface area (Å²) in [5.74, 6) is -2.93. The fourth-order valence-electron chi connectivity index (χ4n) is 3.96. The maximum Gasteiger partial charge on any atom is 0.311 e. The highest BCUT2D eigenvalue weighted by atomic mass is 16.5. The first-order chi connectivity index (χ1) is 16.8. The third-order valence-electron chi connectivity index (χ3n) is 5.86. The van der Waals surface area contributed by atoms with Gasteiger partial charge < -0.3 is 29.6 Å². The molecule has 4 N–H and O–H groups in total. The second-order valence-electron chi connectivity index (χ2n) is 8.68. The molecule has 0 fully saturated rings. The molecule has 1 heterocycles. The largest absolute Gasteiger partial charge is 0.508 e. The first kappa shape index (κ1) is 25.9. The standard InChI is InChI=1S/C27H32O8/c1-2-3-4-5-6-7-8-9-10-11-23(32)35-27-25(33)24-21(31)15-18(28)16-22(24)34-26(27)17-12-13-19(29)20(30)14-17/h12-16,28-31H,2-11H2,1H3. The summed E-state index contributed by atoms with van der Waals surface area (Å²) in [5, 5.41) is 39.3. The van der Waals surface area contributed by atoms with Crippen molar-refractivity contribution in [3.63, 3.8) is 0 Å². The van der Waals surface area contributed by atoms with Gasteiger partial charge in [0.25, 0.3) is 0 Å². The lowest BCUT2D eigenvalue weighted by atomic mass is 10.1. The van der Waals surface area contributed by atoms with Gasteiger partial charge in [0.2, 0.25) is 11.2 Å². The monoisotopic (exact) mass is 484 g/mol. The van der Waals surface area contributed by atoms with Crippen LogP contribution in [0.1, 0.15) is 71.1 Å². The molecule has 0 amide bonds. The Bertz CT molecular complexity index is 1230. The first-order valence-electron chi connectivity index (χ1n) is 12.1. The van der Waals surface area contributed by atoms with Crippen LogP contribution in [0.15, 0.2) is 39.5 Å². The Morgan fingerprint density at radius 3 is 2.14 bits per heavy atom. The summed E-state index contributed by atoms with van der Waals surface area (Å²) in [6.45, 7) is 2.19. The molecule has 35 heavy (non-hydrogen) atoms. The molecule has 0 saturated heterocycles. The average Bonchev–Trinajstić information content (AvgIpc) is 2.81. The molecular formula is C27H32O8. The van der Waals surface area contributed by atoms with Crippen molar-refractivity contribution < 1.29 is 34.4 Å². The molecule has 8 nitrogen and oxygen atoms in total. The highest BCUT2D eigenvalue weighted by Crippen LogP contribution is 2.38. The number of phenols is 4. The van der Waals surface area contributed by atoms with Crippen LogP contribution in [0.3, 0.4) is 0 Å². The highest BCUT2D eigenvalue weighted by Gasteiger charge is 2.23. The molecule has 0 aliphatic carbocycles. The van der Waals surface area contributed by atoms with E-state index in [4.69, 9.17) is 9.15 Å². The minimum absolute atomic E-state index is 0.106. The smallest absolute Gasteiger partial charge is 0.311 e. The zero-order chi connectivity index (χ0) is 25.4. The fraction of sp³-hybridized carbons (Fsp3) is 0.407. The molecule has 1 aromatic heterocycles. The van der Waals surface area contributed by atoms with Crippen LogP contribution >= 0.6 is 0 Å². The van der Waals surface area contributed by atoms with Gasteiger partial charge >= 0.3 is 5.97 Å². The molecule has 2 aromatic carbocycles. The zero-order valence-corrected chi connectivity index (χ0v) is 19.9. The predicted octanol–water partition coefficient (Wildman–Crippen LogP) is 6.11. The summed E-state index contributed by atoms with van der Waals surface area (Å²) in [6, 6.07) is 5.86. The van der Waals surface area contributed by atoms with Crippen LogP contribution in [0.25, 0.3) is 22.3 Å². The van der Waals surface area contributed by atoms with Crippen molar-refractivity contribution in [1.82, 2.24) is 0 Å². The van der Waals surface area contributed by atoms with E-state index in [1.165, 1.54) is 44.2 Å². The molecular weight excluding hydrogens is 452 g/mol. The van der Waals surface area contributed by atoms with E-state index in [0.29, 0.717) is 6.42 Å². The number of hydrogen-bond acceptors (Lipinski definition) is 8. The van der Waals surface area contributed by atoms with E-state index in [9.17, 15) is 30.0 Å². The Kier molecular flexibility index (Phi) is 9.00. The lowest BCUT2D eigenvalue weighted by Gasteiger charge is -2.12. The van der Waals surface area contributed by atoms with E-state index in [1.54, 1.807) is 0 Å². The van der Waals surface area contributed by atoms with Gasteiger partial charge in [-0.3, -0.25) is 9.59 Å². The van der Waals surface area contributed by atoms with Crippen LogP contribution in [0, 0.1) is 0 Å². The van der Waals surface area contributed by atoms with E-state index in [1.807, 2.05) is 0 Å². The van der Waals surface area contributed by atoms with Gasteiger partial charge in [-0.15, -0.1) is 0 Å². The number of esters is 1. The fourth-order valence-corrected chi connectivity index (χ4v) is 3.96. The molecule has 3 rings (SSSR count). The Hall–Kier alpha value is -3.68. The molecule has 8 heteroatoms. The van der Waals surface area contributed by atoms with Gasteiger partial charge in [0.15, 0.2) is 17.3 Å². The maximum atomic E-state index is 13.2. The number of unbranched alkanes of at least 4 members (excludes halogenated alkanes) is 8. The Morgan fingerprint density at radius 1 is 0.829 bits per heavy atom. The molecule has 3 aromatic rings. The third kappa shape index (κ3) is 6.68. The average molecular weight is 485 g/mol. The number of rotatable bonds is 12. The number of hydrogen-bond donors (Lipinski definition) is 4. The van der Waals surface area contributed by atoms with Crippen LogP contribution in [-0.4, -0.2) is 26.4 Å². The Labute approximate surface area is 203 Å². The molecule has 0 aliphatic rings. The molecule has 0 saturated carbocycles. The number of fused-ring (bicyclic) bond motifs is 1. The minimum atomic E-state index is -0.799. The lowest BCUT2D eigenvalue weighted by molar-refractivity contribution is -0.134. The number of phenolic OH excluding ortho intramolecular Hbond substituents is 4. The SMILES string of the molecule is CCCCCCCCCCCC(=O)Oc1c(-c2ccc(O)c(O)c2)oc2cc(O)cc(O)c2c1=O. The number of ether oxygens (including phenoxy) is 1. The Balaban J connectivity index is 1.77. The molecule has 0 aliphatic heterocycles. The summed E-state index contributed by atoms with van der Waals surface area (Å²) >= 11 is 0. The molecule has 188 valence electrons. The number of aromatic hydroxyl groups is 4. The van der Waals surface area contributed by atoms with Crippen molar-refractivity contribution in [2.24, 2.45) is 0 Å². The third-order valence-corrected chi connectivity index (χ3v) is 5.86. The minimum Gasteiger partial charge on any atom is -0.508 e. The number of benzene rings is 2. The van der Waals surface area contributed by atoms with Crippen molar-refractivity contribution in [2.45, 2.75) is 71.1 Å². The first-order valence-corrected chi connectivity index (χ1v) is 12.1. The van der Waals surface area contributed by atoms with Crippen LogP contribution in [-0.2, 0) is 4.79 Å². The van der Waals surface area contributed by atoms with Gasteiger partial charge in [-0.1, -0.05) is 58.3 Å². The summed E-state index contributed by atoms with van der Waals surface area (Å²) in [4.78, 5) is 25.7. The van der Waals surface area contributed by atoms with E-state index in [-0.39, 0.29) is 40.2 Å². The topological polar surface area (TPSA) is 137 Å². The quantitative estimate of drug-likeness (QED) is 0.137. The van der Waals surface area contributed by atoms with Crippen LogP contribution in [0.2, 0.25) is 0 Å². The summed E-state index contributed by atoms with van der Waals surface area (Å²) in [5.41, 5.74) is -0.770.